The zero-order valence-electron chi connectivity index (χ0n) is 14.4. The van der Waals surface area contributed by atoms with Gasteiger partial charge in [0.25, 0.3) is 0 Å². The first-order chi connectivity index (χ1) is 12.7. The van der Waals surface area contributed by atoms with Crippen LogP contribution in [0.5, 0.6) is 0 Å². The second-order valence-electron chi connectivity index (χ2n) is 6.78. The van der Waals surface area contributed by atoms with Gasteiger partial charge in [-0.1, -0.05) is 0 Å². The van der Waals surface area contributed by atoms with Crippen LogP contribution in [-0.4, -0.2) is 32.8 Å². The molecular formula is C19H18FN5S. The van der Waals surface area contributed by atoms with Crippen molar-refractivity contribution in [2.24, 2.45) is 7.05 Å². The Bertz CT molecular complexity index is 1110. The molecule has 5 nitrogen and oxygen atoms in total. The summed E-state index contributed by atoms with van der Waals surface area (Å²) >= 11 is 1.61. The van der Waals surface area contributed by atoms with Crippen LogP contribution in [0.15, 0.2) is 30.5 Å². The summed E-state index contributed by atoms with van der Waals surface area (Å²) in [5, 5.41) is 8.75. The minimum absolute atomic E-state index is 0.276. The molecule has 0 bridgehead atoms. The van der Waals surface area contributed by atoms with Gasteiger partial charge >= 0.3 is 0 Å². The molecule has 1 aliphatic heterocycles. The van der Waals surface area contributed by atoms with E-state index in [0.717, 1.165) is 57.9 Å². The number of hydrogen-bond acceptors (Lipinski definition) is 5. The average molecular weight is 367 g/mol. The van der Waals surface area contributed by atoms with Gasteiger partial charge in [0, 0.05) is 18.5 Å². The second kappa shape index (κ2) is 6.10. The number of rotatable bonds is 2. The van der Waals surface area contributed by atoms with Crippen LogP contribution < -0.4 is 5.32 Å². The maximum atomic E-state index is 14.7. The smallest absolute Gasteiger partial charge is 0.150 e. The number of aromatic nitrogens is 4. The average Bonchev–Trinajstić information content (AvgIpc) is 3.24. The highest BCUT2D eigenvalue weighted by Gasteiger charge is 2.20. The van der Waals surface area contributed by atoms with Gasteiger partial charge in [0.05, 0.1) is 21.6 Å². The highest BCUT2D eigenvalue weighted by atomic mass is 32.1. The molecule has 1 aromatic carbocycles. The number of nitrogens with one attached hydrogen (secondary N) is 1. The summed E-state index contributed by atoms with van der Waals surface area (Å²) in [5.74, 6) is 0.156. The molecule has 0 unspecified atom stereocenters. The van der Waals surface area contributed by atoms with Crippen molar-refractivity contribution in [3.63, 3.8) is 0 Å². The number of piperidine rings is 1. The van der Waals surface area contributed by atoms with Crippen molar-refractivity contribution in [3.8, 4) is 11.3 Å². The Morgan fingerprint density at radius 2 is 2.00 bits per heavy atom. The number of nitrogens with zero attached hydrogens (tertiary/aromatic N) is 4. The first-order valence-electron chi connectivity index (χ1n) is 8.79. The number of thiazole rings is 1. The van der Waals surface area contributed by atoms with Crippen molar-refractivity contribution in [2.45, 2.75) is 18.8 Å². The fourth-order valence-electron chi connectivity index (χ4n) is 3.58. The predicted molar refractivity (Wildman–Crippen MR) is 102 cm³/mol. The van der Waals surface area contributed by atoms with Crippen LogP contribution in [0.2, 0.25) is 0 Å². The summed E-state index contributed by atoms with van der Waals surface area (Å²) in [4.78, 5) is 9.24. The lowest BCUT2D eigenvalue weighted by Gasteiger charge is -2.20. The standard InChI is InChI=1S/C19H18FN5S/c1-25-10-16-15(24-25)3-2-14(22-16)12-8-13(20)18-17(9-12)26-19(23-18)11-4-6-21-7-5-11/h2-3,8-11,21H,4-7H2,1H3. The summed E-state index contributed by atoms with van der Waals surface area (Å²) in [6.07, 6.45) is 4.00. The third kappa shape index (κ3) is 2.68. The number of pyridine rings is 1. The van der Waals surface area contributed by atoms with Gasteiger partial charge in [0.15, 0.2) is 5.82 Å². The van der Waals surface area contributed by atoms with E-state index in [4.69, 9.17) is 0 Å². The lowest BCUT2D eigenvalue weighted by molar-refractivity contribution is 0.459. The third-order valence-corrected chi connectivity index (χ3v) is 6.09. The first-order valence-corrected chi connectivity index (χ1v) is 9.60. The summed E-state index contributed by atoms with van der Waals surface area (Å²) in [7, 11) is 1.87. The molecule has 0 aliphatic carbocycles. The Hall–Kier alpha value is -2.38. The molecule has 7 heteroatoms. The van der Waals surface area contributed by atoms with Gasteiger partial charge in [-0.25, -0.2) is 14.4 Å². The molecular weight excluding hydrogens is 349 g/mol. The number of aryl methyl sites for hydroxylation is 1. The van der Waals surface area contributed by atoms with E-state index in [-0.39, 0.29) is 5.82 Å². The first kappa shape index (κ1) is 15.8. The van der Waals surface area contributed by atoms with Crippen molar-refractivity contribution in [3.05, 3.63) is 41.3 Å². The van der Waals surface area contributed by atoms with E-state index in [1.165, 1.54) is 0 Å². The van der Waals surface area contributed by atoms with Crippen LogP contribution >= 0.6 is 11.3 Å². The van der Waals surface area contributed by atoms with Crippen LogP contribution in [0, 0.1) is 5.82 Å². The summed E-state index contributed by atoms with van der Waals surface area (Å²) in [6, 6.07) is 7.36. The molecule has 0 spiro atoms. The molecule has 5 rings (SSSR count). The maximum Gasteiger partial charge on any atom is 0.150 e. The summed E-state index contributed by atoms with van der Waals surface area (Å²) in [5.41, 5.74) is 3.66. The zero-order valence-corrected chi connectivity index (χ0v) is 15.2. The quantitative estimate of drug-likeness (QED) is 0.585. The Balaban J connectivity index is 1.58. The molecule has 4 aromatic rings. The highest BCUT2D eigenvalue weighted by Crippen LogP contribution is 2.35. The Morgan fingerprint density at radius 3 is 2.85 bits per heavy atom. The van der Waals surface area contributed by atoms with Crippen LogP contribution in [0.1, 0.15) is 23.8 Å². The third-order valence-electron chi connectivity index (χ3n) is 4.93. The predicted octanol–water partition coefficient (Wildman–Crippen LogP) is 3.85. The van der Waals surface area contributed by atoms with Crippen LogP contribution in [0.4, 0.5) is 4.39 Å². The monoisotopic (exact) mass is 367 g/mol. The van der Waals surface area contributed by atoms with Crippen molar-refractivity contribution < 1.29 is 4.39 Å². The van der Waals surface area contributed by atoms with Crippen molar-refractivity contribution in [1.82, 2.24) is 25.1 Å². The molecule has 4 heterocycles. The molecule has 3 aromatic heterocycles. The van der Waals surface area contributed by atoms with Crippen molar-refractivity contribution in [1.29, 1.82) is 0 Å². The van der Waals surface area contributed by atoms with Crippen molar-refractivity contribution in [2.75, 3.05) is 13.1 Å². The zero-order chi connectivity index (χ0) is 17.7. The van der Waals surface area contributed by atoms with Crippen LogP contribution in [-0.2, 0) is 7.05 Å². The van der Waals surface area contributed by atoms with Gasteiger partial charge in [-0.05, 0) is 50.2 Å². The lowest BCUT2D eigenvalue weighted by atomic mass is 9.99. The van der Waals surface area contributed by atoms with Gasteiger partial charge in [-0.2, -0.15) is 5.10 Å². The molecule has 0 amide bonds. The molecule has 1 fully saturated rings. The topological polar surface area (TPSA) is 55.6 Å². The maximum absolute atomic E-state index is 14.7. The van der Waals surface area contributed by atoms with E-state index in [2.05, 4.69) is 20.4 Å². The fourth-order valence-corrected chi connectivity index (χ4v) is 4.77. The largest absolute Gasteiger partial charge is 0.317 e. The molecule has 0 atom stereocenters. The Morgan fingerprint density at radius 1 is 1.15 bits per heavy atom. The molecule has 0 radical (unpaired) electrons. The minimum Gasteiger partial charge on any atom is -0.317 e. The number of benzene rings is 1. The SMILES string of the molecule is Cn1cc2nc(-c3cc(F)c4nc(C5CCNCC5)sc4c3)ccc2n1. The van der Waals surface area contributed by atoms with Crippen LogP contribution in [0.3, 0.4) is 0 Å². The van der Waals surface area contributed by atoms with Gasteiger partial charge in [-0.15, -0.1) is 11.3 Å². The molecule has 1 saturated heterocycles. The Labute approximate surface area is 153 Å². The number of fused-ring (bicyclic) bond motifs is 2. The Kier molecular flexibility index (Phi) is 3.72. The second-order valence-corrected chi connectivity index (χ2v) is 7.85. The van der Waals surface area contributed by atoms with E-state index in [1.54, 1.807) is 22.1 Å². The molecule has 26 heavy (non-hydrogen) atoms. The van der Waals surface area contributed by atoms with Crippen molar-refractivity contribution >= 4 is 32.6 Å². The minimum atomic E-state index is -0.276. The summed E-state index contributed by atoms with van der Waals surface area (Å²) in [6.45, 7) is 2.01. The number of halogens is 1. The van der Waals surface area contributed by atoms with E-state index in [1.807, 2.05) is 31.4 Å². The molecule has 1 N–H and O–H groups in total. The molecule has 132 valence electrons. The lowest BCUT2D eigenvalue weighted by Crippen LogP contribution is -2.26. The van der Waals surface area contributed by atoms with Gasteiger partial charge < -0.3 is 5.32 Å². The van der Waals surface area contributed by atoms with Gasteiger partial charge in [0.1, 0.15) is 16.6 Å². The summed E-state index contributed by atoms with van der Waals surface area (Å²) < 4.78 is 17.3. The fraction of sp³-hybridized carbons (Fsp3) is 0.316. The van der Waals surface area contributed by atoms with Gasteiger partial charge in [-0.3, -0.25) is 4.68 Å². The highest BCUT2D eigenvalue weighted by molar-refractivity contribution is 7.18. The normalized spacial score (nSPS) is 15.9. The van der Waals surface area contributed by atoms with Crippen LogP contribution in [0.25, 0.3) is 32.5 Å². The van der Waals surface area contributed by atoms with E-state index < -0.39 is 0 Å². The van der Waals surface area contributed by atoms with Gasteiger partial charge in [0.2, 0.25) is 0 Å². The number of hydrogen-bond donors (Lipinski definition) is 1. The molecule has 0 saturated carbocycles. The van der Waals surface area contributed by atoms with E-state index >= 15 is 0 Å². The van der Waals surface area contributed by atoms with E-state index in [0.29, 0.717) is 11.4 Å². The molecule has 1 aliphatic rings. The van der Waals surface area contributed by atoms with E-state index in [9.17, 15) is 4.39 Å².